The van der Waals surface area contributed by atoms with Crippen LogP contribution in [-0.2, 0) is 13.2 Å². The van der Waals surface area contributed by atoms with Crippen LogP contribution >= 0.6 is 27.3 Å². The molecule has 0 atom stereocenters. The minimum absolute atomic E-state index is 0.104. The van der Waals surface area contributed by atoms with Crippen LogP contribution in [0.4, 0.5) is 5.69 Å². The lowest BCUT2D eigenvalue weighted by Crippen LogP contribution is -2.16. The largest absolute Gasteiger partial charge is 0.392 e. The van der Waals surface area contributed by atoms with Crippen LogP contribution in [0.3, 0.4) is 0 Å². The van der Waals surface area contributed by atoms with E-state index >= 15 is 0 Å². The van der Waals surface area contributed by atoms with Gasteiger partial charge in [0, 0.05) is 19.3 Å². The summed E-state index contributed by atoms with van der Waals surface area (Å²) in [5, 5.41) is 11.3. The lowest BCUT2D eigenvalue weighted by atomic mass is 10.1. The van der Waals surface area contributed by atoms with E-state index in [0.717, 1.165) is 21.5 Å². The number of rotatable bonds is 4. The van der Waals surface area contributed by atoms with Gasteiger partial charge in [0.1, 0.15) is 0 Å². The molecule has 1 heterocycles. The zero-order valence-corrected chi connectivity index (χ0v) is 12.9. The molecule has 2 nitrogen and oxygen atoms in total. The highest BCUT2D eigenvalue weighted by Gasteiger charge is 2.06. The van der Waals surface area contributed by atoms with Gasteiger partial charge in [-0.15, -0.1) is 11.3 Å². The molecule has 18 heavy (non-hydrogen) atoms. The number of halogens is 1. The molecule has 0 fully saturated rings. The second-order valence-corrected chi connectivity index (χ2v) is 6.67. The molecule has 2 aromatic rings. The molecule has 0 radical (unpaired) electrons. The third-order valence-electron chi connectivity index (χ3n) is 2.98. The molecule has 4 heteroatoms. The van der Waals surface area contributed by atoms with E-state index in [2.05, 4.69) is 51.5 Å². The van der Waals surface area contributed by atoms with E-state index in [1.165, 1.54) is 11.3 Å². The van der Waals surface area contributed by atoms with Gasteiger partial charge in [-0.1, -0.05) is 6.07 Å². The SMILES string of the molecule is Cc1cc(N(C)Cc2csc(Br)c2)ccc1CO. The minimum atomic E-state index is 0.104. The summed E-state index contributed by atoms with van der Waals surface area (Å²) in [5.41, 5.74) is 4.60. The van der Waals surface area contributed by atoms with Gasteiger partial charge in [-0.3, -0.25) is 0 Å². The topological polar surface area (TPSA) is 23.5 Å². The van der Waals surface area contributed by atoms with Crippen LogP contribution in [0.15, 0.2) is 33.4 Å². The molecule has 0 saturated carbocycles. The van der Waals surface area contributed by atoms with E-state index in [1.54, 1.807) is 11.3 Å². The maximum Gasteiger partial charge on any atom is 0.0701 e. The number of aliphatic hydroxyl groups excluding tert-OH is 1. The highest BCUT2D eigenvalue weighted by atomic mass is 79.9. The molecule has 0 amide bonds. The Morgan fingerprint density at radius 1 is 1.33 bits per heavy atom. The highest BCUT2D eigenvalue weighted by Crippen LogP contribution is 2.24. The van der Waals surface area contributed by atoms with Gasteiger partial charge in [0.15, 0.2) is 0 Å². The lowest BCUT2D eigenvalue weighted by Gasteiger charge is -2.20. The molecule has 0 aliphatic heterocycles. The van der Waals surface area contributed by atoms with Crippen LogP contribution in [0.25, 0.3) is 0 Å². The van der Waals surface area contributed by atoms with Crippen molar-refractivity contribution in [2.24, 2.45) is 0 Å². The summed E-state index contributed by atoms with van der Waals surface area (Å²) in [6.07, 6.45) is 0. The third kappa shape index (κ3) is 3.13. The summed E-state index contributed by atoms with van der Waals surface area (Å²) < 4.78 is 1.16. The van der Waals surface area contributed by atoms with Crippen LogP contribution in [0.5, 0.6) is 0 Å². The predicted octanol–water partition coefficient (Wildman–Crippen LogP) is 3.95. The Balaban J connectivity index is 2.13. The summed E-state index contributed by atoms with van der Waals surface area (Å²) in [7, 11) is 2.08. The number of thiophene rings is 1. The van der Waals surface area contributed by atoms with Crippen molar-refractivity contribution in [3.05, 3.63) is 50.1 Å². The highest BCUT2D eigenvalue weighted by molar-refractivity contribution is 9.11. The van der Waals surface area contributed by atoms with Gasteiger partial charge < -0.3 is 10.0 Å². The molecule has 0 aliphatic rings. The number of anilines is 1. The van der Waals surface area contributed by atoms with Gasteiger partial charge in [-0.05, 0) is 63.1 Å². The molecule has 1 aromatic heterocycles. The second kappa shape index (κ2) is 5.87. The van der Waals surface area contributed by atoms with Crippen LogP contribution in [0.2, 0.25) is 0 Å². The zero-order valence-electron chi connectivity index (χ0n) is 10.5. The standard InChI is InChI=1S/C14H16BrNOS/c1-10-5-13(4-3-12(10)8-17)16(2)7-11-6-14(15)18-9-11/h3-6,9,17H,7-8H2,1-2H3. The summed E-state index contributed by atoms with van der Waals surface area (Å²) in [4.78, 5) is 2.21. The Kier molecular flexibility index (Phi) is 4.43. The molecule has 96 valence electrons. The van der Waals surface area contributed by atoms with Crippen molar-refractivity contribution in [3.8, 4) is 0 Å². The molecule has 1 N–H and O–H groups in total. The zero-order chi connectivity index (χ0) is 13.1. The smallest absolute Gasteiger partial charge is 0.0701 e. The summed E-state index contributed by atoms with van der Waals surface area (Å²) in [5.74, 6) is 0. The number of hydrogen-bond donors (Lipinski definition) is 1. The van der Waals surface area contributed by atoms with Gasteiger partial charge in [0.25, 0.3) is 0 Å². The van der Waals surface area contributed by atoms with Crippen molar-refractivity contribution in [2.75, 3.05) is 11.9 Å². The fourth-order valence-electron chi connectivity index (χ4n) is 1.89. The maximum atomic E-state index is 9.17. The van der Waals surface area contributed by atoms with Gasteiger partial charge >= 0.3 is 0 Å². The van der Waals surface area contributed by atoms with E-state index in [4.69, 9.17) is 5.11 Å². The molecule has 2 rings (SSSR count). The Morgan fingerprint density at radius 2 is 2.11 bits per heavy atom. The Morgan fingerprint density at radius 3 is 2.67 bits per heavy atom. The third-order valence-corrected chi connectivity index (χ3v) is 4.53. The summed E-state index contributed by atoms with van der Waals surface area (Å²) in [6.45, 7) is 3.03. The first-order valence-corrected chi connectivity index (χ1v) is 7.42. The van der Waals surface area contributed by atoms with E-state index in [1.807, 2.05) is 13.0 Å². The molecular weight excluding hydrogens is 310 g/mol. The molecule has 0 unspecified atom stereocenters. The van der Waals surface area contributed by atoms with Gasteiger partial charge in [-0.2, -0.15) is 0 Å². The Labute approximate surface area is 120 Å². The van der Waals surface area contributed by atoms with Crippen LogP contribution in [0.1, 0.15) is 16.7 Å². The normalized spacial score (nSPS) is 10.7. The average Bonchev–Trinajstić information content (AvgIpc) is 2.74. The first-order chi connectivity index (χ1) is 8.60. The van der Waals surface area contributed by atoms with E-state index in [0.29, 0.717) is 0 Å². The fraction of sp³-hybridized carbons (Fsp3) is 0.286. The first-order valence-electron chi connectivity index (χ1n) is 5.74. The monoisotopic (exact) mass is 325 g/mol. The van der Waals surface area contributed by atoms with Crippen molar-refractivity contribution in [2.45, 2.75) is 20.1 Å². The quantitative estimate of drug-likeness (QED) is 0.920. The molecule has 0 spiro atoms. The van der Waals surface area contributed by atoms with Crippen molar-refractivity contribution < 1.29 is 5.11 Å². The Bertz CT molecular complexity index is 538. The number of nitrogens with zero attached hydrogens (tertiary/aromatic N) is 1. The first kappa shape index (κ1) is 13.6. The van der Waals surface area contributed by atoms with Crippen molar-refractivity contribution in [3.63, 3.8) is 0 Å². The van der Waals surface area contributed by atoms with Crippen molar-refractivity contribution in [1.29, 1.82) is 0 Å². The maximum absolute atomic E-state index is 9.17. The molecule has 1 aromatic carbocycles. The van der Waals surface area contributed by atoms with Crippen LogP contribution in [-0.4, -0.2) is 12.2 Å². The van der Waals surface area contributed by atoms with Crippen LogP contribution < -0.4 is 4.90 Å². The van der Waals surface area contributed by atoms with Gasteiger partial charge in [0.2, 0.25) is 0 Å². The second-order valence-electron chi connectivity index (χ2n) is 4.38. The number of hydrogen-bond acceptors (Lipinski definition) is 3. The Hall–Kier alpha value is -0.840. The predicted molar refractivity (Wildman–Crippen MR) is 81.2 cm³/mol. The fourth-order valence-corrected chi connectivity index (χ4v) is 3.09. The van der Waals surface area contributed by atoms with Gasteiger partial charge in [-0.25, -0.2) is 0 Å². The average molecular weight is 326 g/mol. The molecule has 0 saturated heterocycles. The van der Waals surface area contributed by atoms with Crippen LogP contribution in [0, 0.1) is 6.92 Å². The number of benzene rings is 1. The summed E-state index contributed by atoms with van der Waals surface area (Å²) >= 11 is 5.19. The number of aryl methyl sites for hydroxylation is 1. The number of aliphatic hydroxyl groups is 1. The van der Waals surface area contributed by atoms with Crippen molar-refractivity contribution >= 4 is 33.0 Å². The van der Waals surface area contributed by atoms with E-state index < -0.39 is 0 Å². The minimum Gasteiger partial charge on any atom is -0.392 e. The van der Waals surface area contributed by atoms with Crippen molar-refractivity contribution in [1.82, 2.24) is 0 Å². The molecular formula is C14H16BrNOS. The lowest BCUT2D eigenvalue weighted by molar-refractivity contribution is 0.281. The summed E-state index contributed by atoms with van der Waals surface area (Å²) in [6, 6.07) is 8.31. The van der Waals surface area contributed by atoms with Gasteiger partial charge in [0.05, 0.1) is 10.4 Å². The molecule has 0 aliphatic carbocycles. The van der Waals surface area contributed by atoms with E-state index in [-0.39, 0.29) is 6.61 Å². The molecule has 0 bridgehead atoms. The van der Waals surface area contributed by atoms with E-state index in [9.17, 15) is 0 Å².